The Morgan fingerprint density at radius 3 is 2.50 bits per heavy atom. The third-order valence-corrected chi connectivity index (χ3v) is 3.57. The van der Waals surface area contributed by atoms with E-state index in [9.17, 15) is 5.11 Å². The van der Waals surface area contributed by atoms with Gasteiger partial charge in [-0.05, 0) is 73.9 Å². The highest BCUT2D eigenvalue weighted by atomic mass is 16.5. The first-order valence-corrected chi connectivity index (χ1v) is 8.13. The van der Waals surface area contributed by atoms with Gasteiger partial charge in [-0.2, -0.15) is 0 Å². The molecule has 2 aromatic rings. The van der Waals surface area contributed by atoms with Crippen molar-refractivity contribution in [3.63, 3.8) is 0 Å². The molecule has 0 radical (unpaired) electrons. The van der Waals surface area contributed by atoms with Crippen molar-refractivity contribution in [2.45, 2.75) is 45.5 Å². The number of hydrogen-bond donors (Lipinski definition) is 1. The number of methoxy groups -OCH3 is 2. The van der Waals surface area contributed by atoms with Crippen LogP contribution in [0.3, 0.4) is 0 Å². The molecule has 0 aromatic heterocycles. The summed E-state index contributed by atoms with van der Waals surface area (Å²) in [4.78, 5) is 0. The van der Waals surface area contributed by atoms with E-state index in [4.69, 9.17) is 27.9 Å². The van der Waals surface area contributed by atoms with Crippen LogP contribution in [0.1, 0.15) is 49.6 Å². The second-order valence-electron chi connectivity index (χ2n) is 5.48. The molecule has 0 saturated carbocycles. The second-order valence-corrected chi connectivity index (χ2v) is 5.48. The SMILES string of the molecule is [2H]c1c([2H])c(OCC(O)C([2H])([2H])CCC([2H])([2H])c2c([2H])c([2H])c(OC)c(OC)c2[2H])c([2H])c(C)c1C. The van der Waals surface area contributed by atoms with E-state index >= 15 is 0 Å². The van der Waals surface area contributed by atoms with Crippen LogP contribution >= 0.6 is 0 Å². The zero-order chi connectivity index (χ0) is 27.7. The first-order valence-electron chi connectivity index (χ1n) is 13.1. The standard InChI is InChI=1S/C22H30O4/c1-16-9-11-20(13-17(16)2)26-15-19(23)8-6-5-7-18-10-12-21(24-3)22(14-18)25-4/h9-14,19,23H,5-8,15H2,1-4H3/i7D2,8D2,9D,10D,11D,12D,13D,14D. The van der Waals surface area contributed by atoms with Crippen molar-refractivity contribution in [3.05, 3.63) is 52.9 Å². The lowest BCUT2D eigenvalue weighted by molar-refractivity contribution is 0.0976. The molecule has 0 amide bonds. The van der Waals surface area contributed by atoms with Gasteiger partial charge in [-0.3, -0.25) is 0 Å². The first kappa shape index (κ1) is 10.2. The van der Waals surface area contributed by atoms with Gasteiger partial charge in [-0.15, -0.1) is 0 Å². The van der Waals surface area contributed by atoms with E-state index in [0.29, 0.717) is 11.1 Å². The van der Waals surface area contributed by atoms with Gasteiger partial charge in [-0.1, -0.05) is 18.5 Å². The van der Waals surface area contributed by atoms with Gasteiger partial charge in [0.25, 0.3) is 0 Å². The summed E-state index contributed by atoms with van der Waals surface area (Å²) in [5.41, 5.74) is 0.421. The van der Waals surface area contributed by atoms with E-state index in [1.165, 1.54) is 14.2 Å². The first-order chi connectivity index (χ1) is 16.5. The van der Waals surface area contributed by atoms with Crippen LogP contribution in [0.25, 0.3) is 0 Å². The molecule has 0 saturated heterocycles. The highest BCUT2D eigenvalue weighted by Crippen LogP contribution is 2.28. The van der Waals surface area contributed by atoms with Crippen LogP contribution in [-0.4, -0.2) is 32.0 Å². The van der Waals surface area contributed by atoms with Crippen molar-refractivity contribution in [2.75, 3.05) is 20.8 Å². The summed E-state index contributed by atoms with van der Waals surface area (Å²) in [6.07, 6.45) is -7.66. The van der Waals surface area contributed by atoms with Gasteiger partial charge in [0, 0.05) is 5.48 Å². The largest absolute Gasteiger partial charge is 0.493 e. The molecule has 0 aliphatic rings. The van der Waals surface area contributed by atoms with Crippen LogP contribution in [0.15, 0.2) is 36.3 Å². The van der Waals surface area contributed by atoms with Crippen molar-refractivity contribution in [2.24, 2.45) is 0 Å². The van der Waals surface area contributed by atoms with Gasteiger partial charge in [0.05, 0.1) is 28.5 Å². The Hall–Kier alpha value is -2.20. The summed E-state index contributed by atoms with van der Waals surface area (Å²) in [6, 6.07) is -2.16. The fourth-order valence-corrected chi connectivity index (χ4v) is 2.01. The molecule has 0 heterocycles. The number of rotatable bonds is 10. The maximum absolute atomic E-state index is 10.5. The van der Waals surface area contributed by atoms with Gasteiger partial charge < -0.3 is 19.3 Å². The van der Waals surface area contributed by atoms with Gasteiger partial charge in [0.2, 0.25) is 0 Å². The summed E-state index contributed by atoms with van der Waals surface area (Å²) in [7, 11) is 2.45. The van der Waals surface area contributed by atoms with Gasteiger partial charge in [0.1, 0.15) is 12.4 Å². The van der Waals surface area contributed by atoms with Crippen LogP contribution in [0, 0.1) is 13.8 Å². The summed E-state index contributed by atoms with van der Waals surface area (Å²) >= 11 is 0. The van der Waals surface area contributed by atoms with E-state index in [1.807, 2.05) is 0 Å². The molecule has 0 bridgehead atoms. The lowest BCUT2D eigenvalue weighted by atomic mass is 10.0. The molecule has 1 atom stereocenters. The Labute approximate surface area is 170 Å². The zero-order valence-corrected chi connectivity index (χ0v) is 15.4. The Balaban J connectivity index is 2.24. The van der Waals surface area contributed by atoms with Crippen molar-refractivity contribution in [3.8, 4) is 17.2 Å². The molecule has 0 fully saturated rings. The molecular weight excluding hydrogens is 328 g/mol. The van der Waals surface area contributed by atoms with Gasteiger partial charge in [0.15, 0.2) is 11.5 Å². The highest BCUT2D eigenvalue weighted by molar-refractivity contribution is 5.42. The van der Waals surface area contributed by atoms with Crippen molar-refractivity contribution >= 4 is 0 Å². The second kappa shape index (κ2) is 10.1. The average Bonchev–Trinajstić information content (AvgIpc) is 2.82. The Morgan fingerprint density at radius 2 is 1.77 bits per heavy atom. The Bertz CT molecular complexity index is 1110. The quantitative estimate of drug-likeness (QED) is 0.672. The molecule has 0 spiro atoms. The van der Waals surface area contributed by atoms with E-state index in [0.717, 1.165) is 0 Å². The summed E-state index contributed by atoms with van der Waals surface area (Å²) in [5, 5.41) is 10.5. The molecule has 0 aliphatic carbocycles. The molecule has 0 aliphatic heterocycles. The molecule has 2 aromatic carbocycles. The predicted octanol–water partition coefficient (Wildman–Crippen LogP) is 4.47. The topological polar surface area (TPSA) is 47.9 Å². The summed E-state index contributed by atoms with van der Waals surface area (Å²) in [5.74, 6) is -0.646. The molecule has 2 rings (SSSR count). The predicted molar refractivity (Wildman–Crippen MR) is 105 cm³/mol. The number of ether oxygens (including phenoxy) is 3. The Kier molecular flexibility index (Phi) is 3.96. The number of aliphatic hydroxyl groups is 1. The molecule has 4 nitrogen and oxygen atoms in total. The van der Waals surface area contributed by atoms with E-state index in [-0.39, 0.29) is 35.4 Å². The normalized spacial score (nSPS) is 18.5. The van der Waals surface area contributed by atoms with E-state index < -0.39 is 62.0 Å². The van der Waals surface area contributed by atoms with E-state index in [2.05, 4.69) is 0 Å². The molecule has 26 heavy (non-hydrogen) atoms. The number of benzene rings is 2. The maximum Gasteiger partial charge on any atom is 0.160 e. The van der Waals surface area contributed by atoms with Crippen LogP contribution in [0.2, 0.25) is 0 Å². The highest BCUT2D eigenvalue weighted by Gasteiger charge is 2.07. The zero-order valence-electron chi connectivity index (χ0n) is 25.4. The fourth-order valence-electron chi connectivity index (χ4n) is 2.01. The van der Waals surface area contributed by atoms with Crippen LogP contribution in [0.5, 0.6) is 17.2 Å². The molecule has 142 valence electrons. The number of aliphatic hydroxyl groups excluding tert-OH is 1. The molecule has 1 N–H and O–H groups in total. The number of hydrogen-bond acceptors (Lipinski definition) is 4. The lowest BCUT2D eigenvalue weighted by Gasteiger charge is -2.13. The molecule has 1 unspecified atom stereocenters. The van der Waals surface area contributed by atoms with Crippen LogP contribution in [-0.2, 0) is 6.37 Å². The molecular formula is C22H30O4. The lowest BCUT2D eigenvalue weighted by Crippen LogP contribution is -2.17. The van der Waals surface area contributed by atoms with Crippen molar-refractivity contribution < 1.29 is 33.0 Å². The summed E-state index contributed by atoms with van der Waals surface area (Å²) < 4.78 is 97.4. The third kappa shape index (κ3) is 5.95. The van der Waals surface area contributed by atoms with E-state index in [1.54, 1.807) is 13.8 Å². The maximum atomic E-state index is 10.5. The third-order valence-electron chi connectivity index (χ3n) is 3.57. The van der Waals surface area contributed by atoms with Crippen LogP contribution in [0.4, 0.5) is 0 Å². The minimum Gasteiger partial charge on any atom is -0.493 e. The monoisotopic (exact) mass is 368 g/mol. The summed E-state index contributed by atoms with van der Waals surface area (Å²) in [6.45, 7) is 2.55. The average molecular weight is 369 g/mol. The van der Waals surface area contributed by atoms with Crippen LogP contribution < -0.4 is 14.2 Å². The van der Waals surface area contributed by atoms with Gasteiger partial charge >= 0.3 is 0 Å². The minimum atomic E-state index is -2.42. The van der Waals surface area contributed by atoms with Crippen molar-refractivity contribution in [1.29, 1.82) is 0 Å². The minimum absolute atomic E-state index is 0.134. The molecule has 4 heteroatoms. The van der Waals surface area contributed by atoms with Crippen molar-refractivity contribution in [1.82, 2.24) is 0 Å². The smallest absolute Gasteiger partial charge is 0.160 e. The fraction of sp³-hybridized carbons (Fsp3) is 0.455. The Morgan fingerprint density at radius 1 is 1.00 bits per heavy atom. The van der Waals surface area contributed by atoms with Gasteiger partial charge in [-0.25, -0.2) is 0 Å².